The quantitative estimate of drug-likeness (QED) is 0.374. The minimum absolute atomic E-state index is 0.0123. The minimum Gasteiger partial charge on any atom is -0.283 e. The molecule has 0 bridgehead atoms. The topological polar surface area (TPSA) is 83.5 Å². The first-order valence-corrected chi connectivity index (χ1v) is 14.2. The minimum atomic E-state index is -3.50. The summed E-state index contributed by atoms with van der Waals surface area (Å²) in [5.74, 6) is -0.272. The van der Waals surface area contributed by atoms with E-state index in [1.54, 1.807) is 34.8 Å². The maximum absolute atomic E-state index is 13.8. The largest absolute Gasteiger partial charge is 0.283 e. The van der Waals surface area contributed by atoms with Gasteiger partial charge < -0.3 is 0 Å². The van der Waals surface area contributed by atoms with Crippen molar-refractivity contribution in [2.45, 2.75) is 30.5 Å². The number of rotatable bonds is 6. The molecule has 4 heterocycles. The maximum Gasteiger partial charge on any atom is 0.252 e. The van der Waals surface area contributed by atoms with Crippen LogP contribution in [0.5, 0.6) is 0 Å². The number of nitrogens with zero attached hydrogens (tertiary/aromatic N) is 4. The van der Waals surface area contributed by atoms with Crippen LogP contribution in [0.15, 0.2) is 64.4 Å². The highest BCUT2D eigenvalue weighted by Gasteiger charge is 2.35. The molecule has 0 aliphatic carbocycles. The first-order valence-electron chi connectivity index (χ1n) is 11.0. The van der Waals surface area contributed by atoms with Gasteiger partial charge in [0.25, 0.3) is 10.0 Å². The van der Waals surface area contributed by atoms with Gasteiger partial charge in [-0.15, -0.1) is 11.3 Å². The molecule has 0 saturated carbocycles. The number of aromatic nitrogens is 2. The van der Waals surface area contributed by atoms with Gasteiger partial charge in [-0.05, 0) is 60.5 Å². The van der Waals surface area contributed by atoms with Crippen molar-refractivity contribution in [1.82, 2.24) is 14.3 Å². The number of para-hydroxylation sites is 1. The zero-order valence-electron chi connectivity index (χ0n) is 18.6. The van der Waals surface area contributed by atoms with Gasteiger partial charge >= 0.3 is 0 Å². The van der Waals surface area contributed by atoms with Gasteiger partial charge in [0, 0.05) is 31.4 Å². The number of benzene rings is 1. The third kappa shape index (κ3) is 4.50. The fraction of sp³-hybridized carbons (Fsp3) is 0.292. The van der Waals surface area contributed by atoms with E-state index in [-0.39, 0.29) is 11.8 Å². The van der Waals surface area contributed by atoms with Crippen molar-refractivity contribution in [3.63, 3.8) is 0 Å². The molecule has 1 saturated heterocycles. The highest BCUT2D eigenvalue weighted by atomic mass is 32.2. The molecule has 34 heavy (non-hydrogen) atoms. The summed E-state index contributed by atoms with van der Waals surface area (Å²) in [7, 11) is -3.50. The molecule has 5 rings (SSSR count). The molecule has 0 unspecified atom stereocenters. The Balaban J connectivity index is 1.39. The van der Waals surface area contributed by atoms with Crippen molar-refractivity contribution in [2.75, 3.05) is 18.0 Å². The summed E-state index contributed by atoms with van der Waals surface area (Å²) in [6.07, 6.45) is 4.41. The van der Waals surface area contributed by atoms with Gasteiger partial charge in [-0.3, -0.25) is 14.7 Å². The zero-order chi connectivity index (χ0) is 23.7. The Labute approximate surface area is 206 Å². The summed E-state index contributed by atoms with van der Waals surface area (Å²) >= 11 is 2.73. The Bertz CT molecular complexity index is 1390. The number of sulfonamides is 1. The predicted octanol–water partition coefficient (Wildman–Crippen LogP) is 4.70. The normalized spacial score (nSPS) is 15.6. The maximum atomic E-state index is 13.8. The van der Waals surface area contributed by atoms with E-state index in [2.05, 4.69) is 4.98 Å². The van der Waals surface area contributed by atoms with Crippen LogP contribution in [0.25, 0.3) is 10.2 Å². The monoisotopic (exact) mass is 512 g/mol. The average Bonchev–Trinajstić information content (AvgIpc) is 3.54. The van der Waals surface area contributed by atoms with E-state index in [4.69, 9.17) is 4.98 Å². The van der Waals surface area contributed by atoms with Crippen molar-refractivity contribution >= 4 is 54.0 Å². The first kappa shape index (κ1) is 23.1. The van der Waals surface area contributed by atoms with Gasteiger partial charge in [-0.25, -0.2) is 13.4 Å². The van der Waals surface area contributed by atoms with Crippen molar-refractivity contribution in [3.05, 3.63) is 71.4 Å². The van der Waals surface area contributed by atoms with Crippen LogP contribution < -0.4 is 4.90 Å². The first-order chi connectivity index (χ1) is 16.4. The molecule has 7 nitrogen and oxygen atoms in total. The molecule has 0 N–H and O–H groups in total. The van der Waals surface area contributed by atoms with Crippen molar-refractivity contribution < 1.29 is 13.2 Å². The summed E-state index contributed by atoms with van der Waals surface area (Å²) in [4.78, 5) is 24.4. The van der Waals surface area contributed by atoms with Gasteiger partial charge in [0.15, 0.2) is 5.13 Å². The molecule has 0 atom stereocenters. The number of hydrogen-bond acceptors (Lipinski definition) is 7. The second-order valence-electron chi connectivity index (χ2n) is 8.31. The molecular formula is C24H24N4O3S3. The fourth-order valence-corrected chi connectivity index (χ4v) is 7.86. The zero-order valence-corrected chi connectivity index (χ0v) is 21.1. The SMILES string of the molecule is Cc1cccc2sc(N(Cc3ccncc3)C(=O)C3CCN(S(=O)(=O)c4cccs4)CC3)nc12. The number of aryl methyl sites for hydroxylation is 1. The van der Waals surface area contributed by atoms with Crippen LogP contribution in [0.2, 0.25) is 0 Å². The highest BCUT2D eigenvalue weighted by Crippen LogP contribution is 2.34. The average molecular weight is 513 g/mol. The molecule has 3 aromatic heterocycles. The number of thiophene rings is 1. The molecule has 176 valence electrons. The summed E-state index contributed by atoms with van der Waals surface area (Å²) in [5.41, 5.74) is 2.95. The number of hydrogen-bond donors (Lipinski definition) is 0. The predicted molar refractivity (Wildman–Crippen MR) is 136 cm³/mol. The van der Waals surface area contributed by atoms with E-state index >= 15 is 0 Å². The molecule has 1 aliphatic rings. The second kappa shape index (κ2) is 9.53. The highest BCUT2D eigenvalue weighted by molar-refractivity contribution is 7.91. The standard InChI is InChI=1S/C24H24N4O3S3/c1-17-4-2-5-20-22(17)26-24(33-20)28(16-18-7-11-25-12-8-18)23(29)19-9-13-27(14-10-19)34(30,31)21-6-3-15-32-21/h2-8,11-12,15,19H,9-10,13-14,16H2,1H3. The molecule has 1 aliphatic heterocycles. The van der Waals surface area contributed by atoms with E-state index in [9.17, 15) is 13.2 Å². The van der Waals surface area contributed by atoms with Crippen molar-refractivity contribution in [1.29, 1.82) is 0 Å². The lowest BCUT2D eigenvalue weighted by atomic mass is 9.96. The Hall–Kier alpha value is -2.66. The Morgan fingerprint density at radius 1 is 1.12 bits per heavy atom. The van der Waals surface area contributed by atoms with Crippen LogP contribution in [-0.2, 0) is 21.4 Å². The molecule has 1 amide bonds. The van der Waals surface area contributed by atoms with E-state index < -0.39 is 10.0 Å². The molecule has 10 heteroatoms. The van der Waals surface area contributed by atoms with E-state index in [1.807, 2.05) is 37.3 Å². The summed E-state index contributed by atoms with van der Waals surface area (Å²) in [6.45, 7) is 3.08. The molecule has 0 spiro atoms. The third-order valence-electron chi connectivity index (χ3n) is 6.09. The molecule has 1 fully saturated rings. The van der Waals surface area contributed by atoms with Crippen LogP contribution in [0.3, 0.4) is 0 Å². The lowest BCUT2D eigenvalue weighted by Crippen LogP contribution is -2.44. The smallest absolute Gasteiger partial charge is 0.252 e. The number of thiazole rings is 1. The number of fused-ring (bicyclic) bond motifs is 1. The van der Waals surface area contributed by atoms with Gasteiger partial charge in [0.2, 0.25) is 5.91 Å². The number of carbonyl (C=O) groups is 1. The van der Waals surface area contributed by atoms with Crippen molar-refractivity contribution in [3.8, 4) is 0 Å². The summed E-state index contributed by atoms with van der Waals surface area (Å²) < 4.78 is 28.6. The van der Waals surface area contributed by atoms with E-state index in [0.29, 0.717) is 41.8 Å². The van der Waals surface area contributed by atoms with Crippen molar-refractivity contribution in [2.24, 2.45) is 5.92 Å². The summed E-state index contributed by atoms with van der Waals surface area (Å²) in [5, 5.41) is 2.43. The number of pyridine rings is 1. The molecule has 1 aromatic carbocycles. The Morgan fingerprint density at radius 3 is 2.56 bits per heavy atom. The molecule has 0 radical (unpaired) electrons. The van der Waals surface area contributed by atoms with Gasteiger partial charge in [0.1, 0.15) is 4.21 Å². The van der Waals surface area contributed by atoms with Gasteiger partial charge in [0.05, 0.1) is 16.8 Å². The van der Waals surface area contributed by atoms with Crippen LogP contribution in [0, 0.1) is 12.8 Å². The number of anilines is 1. The molecular weight excluding hydrogens is 488 g/mol. The Kier molecular flexibility index (Phi) is 6.48. The number of carbonyl (C=O) groups excluding carboxylic acids is 1. The lowest BCUT2D eigenvalue weighted by molar-refractivity contribution is -0.123. The number of piperidine rings is 1. The molecule has 4 aromatic rings. The Morgan fingerprint density at radius 2 is 1.88 bits per heavy atom. The van der Waals surface area contributed by atoms with Crippen LogP contribution in [0.1, 0.15) is 24.0 Å². The van der Waals surface area contributed by atoms with Gasteiger partial charge in [-0.2, -0.15) is 4.31 Å². The van der Waals surface area contributed by atoms with Crippen LogP contribution in [0.4, 0.5) is 5.13 Å². The van der Waals surface area contributed by atoms with E-state index in [0.717, 1.165) is 21.3 Å². The summed E-state index contributed by atoms with van der Waals surface area (Å²) in [6, 6.07) is 13.2. The third-order valence-corrected chi connectivity index (χ3v) is 10.4. The fourth-order valence-electron chi connectivity index (χ4n) is 4.20. The number of amides is 1. The van der Waals surface area contributed by atoms with Gasteiger partial charge in [-0.1, -0.05) is 29.5 Å². The van der Waals surface area contributed by atoms with E-state index in [1.165, 1.54) is 27.0 Å². The second-order valence-corrected chi connectivity index (χ2v) is 12.4. The van der Waals surface area contributed by atoms with Crippen LogP contribution in [-0.4, -0.2) is 41.7 Å². The lowest BCUT2D eigenvalue weighted by Gasteiger charge is -2.32. The van der Waals surface area contributed by atoms with Crippen LogP contribution >= 0.6 is 22.7 Å².